The van der Waals surface area contributed by atoms with E-state index in [0.717, 1.165) is 12.7 Å². The molecule has 12 heteroatoms. The topological polar surface area (TPSA) is 93.2 Å². The van der Waals surface area contributed by atoms with E-state index in [0.29, 0.717) is 64.8 Å². The zero-order valence-electron chi connectivity index (χ0n) is 22.5. The molecule has 0 unspecified atom stereocenters. The average Bonchev–Trinajstić information content (AvgIpc) is 2.94. The van der Waals surface area contributed by atoms with Gasteiger partial charge >= 0.3 is 6.18 Å². The second-order valence-corrected chi connectivity index (χ2v) is 9.82. The molecule has 5 rings (SSSR count). The third-order valence-electron chi connectivity index (χ3n) is 6.87. The molecule has 0 amide bonds. The molecule has 41 heavy (non-hydrogen) atoms. The second-order valence-electron chi connectivity index (χ2n) is 9.82. The predicted octanol–water partition coefficient (Wildman–Crippen LogP) is 5.89. The lowest BCUT2D eigenvalue weighted by Gasteiger charge is -2.26. The standard InChI is InChI=1S/C29H30F4N6O2/c1-17-8-9-20-21(5-3-7-23(20)37-16-25(40-2)29(31,32)33)26(17)41-27-22(6-4-11-35-27)24-10-12-36-28(39-24)38-19-13-18(30)14-34-15-19/h3-12,18-19,25,34,37H,13-16H2,1-2H3,(H,36,38,39)/t18-,19-,25+/m1/s1. The largest absolute Gasteiger partial charge is 0.437 e. The van der Waals surface area contributed by atoms with E-state index in [1.54, 1.807) is 36.7 Å². The minimum atomic E-state index is -4.49. The summed E-state index contributed by atoms with van der Waals surface area (Å²) in [6.07, 6.45) is -3.81. The molecule has 3 heterocycles. The molecule has 0 spiro atoms. The Kier molecular flexibility index (Phi) is 8.50. The van der Waals surface area contributed by atoms with Crippen LogP contribution in [0.15, 0.2) is 60.9 Å². The van der Waals surface area contributed by atoms with Gasteiger partial charge in [-0.05, 0) is 36.8 Å². The van der Waals surface area contributed by atoms with Crippen molar-refractivity contribution in [2.75, 3.05) is 37.4 Å². The Morgan fingerprint density at radius 3 is 2.66 bits per heavy atom. The number of halogens is 4. The van der Waals surface area contributed by atoms with Crippen LogP contribution in [0.2, 0.25) is 0 Å². The summed E-state index contributed by atoms with van der Waals surface area (Å²) in [5.41, 5.74) is 2.50. The number of benzene rings is 2. The smallest absolute Gasteiger partial charge is 0.416 e. The van der Waals surface area contributed by atoms with E-state index in [9.17, 15) is 17.6 Å². The van der Waals surface area contributed by atoms with Gasteiger partial charge in [0.05, 0.1) is 17.8 Å². The number of anilines is 2. The summed E-state index contributed by atoms with van der Waals surface area (Å²) in [6, 6.07) is 14.1. The van der Waals surface area contributed by atoms with Crippen molar-refractivity contribution in [3.05, 3.63) is 66.5 Å². The van der Waals surface area contributed by atoms with E-state index in [2.05, 4.69) is 35.6 Å². The lowest BCUT2D eigenvalue weighted by atomic mass is 10.0. The van der Waals surface area contributed by atoms with E-state index in [4.69, 9.17) is 4.74 Å². The summed E-state index contributed by atoms with van der Waals surface area (Å²) in [4.78, 5) is 13.4. The van der Waals surface area contributed by atoms with Crippen LogP contribution in [0.1, 0.15) is 12.0 Å². The molecule has 216 valence electrons. The highest BCUT2D eigenvalue weighted by Crippen LogP contribution is 2.38. The Balaban J connectivity index is 1.43. The third-order valence-corrected chi connectivity index (χ3v) is 6.87. The van der Waals surface area contributed by atoms with Crippen molar-refractivity contribution < 1.29 is 27.0 Å². The summed E-state index contributed by atoms with van der Waals surface area (Å²) in [6.45, 7) is 2.38. The quantitative estimate of drug-likeness (QED) is 0.215. The van der Waals surface area contributed by atoms with Crippen LogP contribution >= 0.6 is 0 Å². The average molecular weight is 571 g/mol. The minimum absolute atomic E-state index is 0.143. The zero-order valence-corrected chi connectivity index (χ0v) is 22.5. The zero-order chi connectivity index (χ0) is 29.0. The van der Waals surface area contributed by atoms with Crippen LogP contribution in [0.5, 0.6) is 11.6 Å². The summed E-state index contributed by atoms with van der Waals surface area (Å²) >= 11 is 0. The fraction of sp³-hybridized carbons (Fsp3) is 0.345. The maximum absolute atomic E-state index is 13.8. The van der Waals surface area contributed by atoms with Crippen molar-refractivity contribution in [2.45, 2.75) is 37.8 Å². The van der Waals surface area contributed by atoms with Gasteiger partial charge in [0.25, 0.3) is 0 Å². The molecule has 1 aliphatic rings. The summed E-state index contributed by atoms with van der Waals surface area (Å²) in [5, 5.41) is 10.5. The Labute approximate surface area is 234 Å². The number of aryl methyl sites for hydroxylation is 1. The highest BCUT2D eigenvalue weighted by molar-refractivity contribution is 5.98. The van der Waals surface area contributed by atoms with Crippen LogP contribution in [0.3, 0.4) is 0 Å². The van der Waals surface area contributed by atoms with Crippen LogP contribution in [-0.4, -0.2) is 66.2 Å². The molecule has 1 saturated heterocycles. The van der Waals surface area contributed by atoms with E-state index < -0.39 is 25.0 Å². The van der Waals surface area contributed by atoms with Crippen LogP contribution in [0, 0.1) is 6.92 Å². The van der Waals surface area contributed by atoms with Crippen molar-refractivity contribution in [3.63, 3.8) is 0 Å². The number of alkyl halides is 4. The Hall–Kier alpha value is -4.03. The Morgan fingerprint density at radius 1 is 1.02 bits per heavy atom. The monoisotopic (exact) mass is 570 g/mol. The molecule has 2 aromatic carbocycles. The van der Waals surface area contributed by atoms with Crippen LogP contribution in [0.4, 0.5) is 29.2 Å². The van der Waals surface area contributed by atoms with Crippen molar-refractivity contribution >= 4 is 22.4 Å². The number of fused-ring (bicyclic) bond motifs is 1. The van der Waals surface area contributed by atoms with Gasteiger partial charge in [-0.2, -0.15) is 13.2 Å². The van der Waals surface area contributed by atoms with E-state index in [1.165, 1.54) is 0 Å². The van der Waals surface area contributed by atoms with E-state index in [-0.39, 0.29) is 6.04 Å². The summed E-state index contributed by atoms with van der Waals surface area (Å²) < 4.78 is 64.5. The first kappa shape index (κ1) is 28.5. The normalized spacial score (nSPS) is 18.2. The molecular weight excluding hydrogens is 540 g/mol. The maximum Gasteiger partial charge on any atom is 0.416 e. The number of ether oxygens (including phenoxy) is 2. The predicted molar refractivity (Wildman–Crippen MR) is 149 cm³/mol. The van der Waals surface area contributed by atoms with Crippen molar-refractivity contribution in [3.8, 4) is 22.9 Å². The lowest BCUT2D eigenvalue weighted by molar-refractivity contribution is -0.207. The van der Waals surface area contributed by atoms with Crippen molar-refractivity contribution in [1.82, 2.24) is 20.3 Å². The number of aromatic nitrogens is 3. The first-order valence-corrected chi connectivity index (χ1v) is 13.2. The minimum Gasteiger partial charge on any atom is -0.437 e. The number of piperidine rings is 1. The van der Waals surface area contributed by atoms with Crippen LogP contribution < -0.4 is 20.7 Å². The molecule has 0 bridgehead atoms. The molecule has 2 aromatic heterocycles. The highest BCUT2D eigenvalue weighted by atomic mass is 19.4. The molecule has 0 aliphatic carbocycles. The molecule has 3 N–H and O–H groups in total. The van der Waals surface area contributed by atoms with Gasteiger partial charge < -0.3 is 25.4 Å². The van der Waals surface area contributed by atoms with E-state index >= 15 is 0 Å². The number of nitrogens with zero attached hydrogens (tertiary/aromatic N) is 3. The summed E-state index contributed by atoms with van der Waals surface area (Å²) in [7, 11) is 1.03. The Bertz CT molecular complexity index is 1500. The molecule has 0 saturated carbocycles. The van der Waals surface area contributed by atoms with Crippen molar-refractivity contribution in [2.24, 2.45) is 0 Å². The van der Waals surface area contributed by atoms with Gasteiger partial charge in [-0.25, -0.2) is 19.3 Å². The number of methoxy groups -OCH3 is 1. The lowest BCUT2D eigenvalue weighted by Crippen LogP contribution is -2.44. The maximum atomic E-state index is 13.8. The van der Waals surface area contributed by atoms with Crippen LogP contribution in [0.25, 0.3) is 22.0 Å². The molecule has 4 aromatic rings. The first-order chi connectivity index (χ1) is 19.7. The Morgan fingerprint density at radius 2 is 1.88 bits per heavy atom. The molecule has 0 radical (unpaired) electrons. The molecule has 8 nitrogen and oxygen atoms in total. The van der Waals surface area contributed by atoms with Gasteiger partial charge in [0.1, 0.15) is 11.9 Å². The fourth-order valence-electron chi connectivity index (χ4n) is 4.79. The third kappa shape index (κ3) is 6.66. The number of hydrogen-bond acceptors (Lipinski definition) is 8. The molecule has 1 aliphatic heterocycles. The molecular formula is C29H30F4N6O2. The van der Waals surface area contributed by atoms with Gasteiger partial charge in [-0.1, -0.05) is 24.3 Å². The van der Waals surface area contributed by atoms with Gasteiger partial charge in [0.15, 0.2) is 6.10 Å². The van der Waals surface area contributed by atoms with Gasteiger partial charge in [-0.15, -0.1) is 0 Å². The summed E-state index contributed by atoms with van der Waals surface area (Å²) in [5.74, 6) is 1.18. The van der Waals surface area contributed by atoms with E-state index in [1.807, 2.05) is 31.2 Å². The molecule has 1 fully saturated rings. The number of nitrogens with one attached hydrogen (secondary N) is 3. The van der Waals surface area contributed by atoms with Gasteiger partial charge in [-0.3, -0.25) is 0 Å². The number of pyridine rings is 1. The highest BCUT2D eigenvalue weighted by Gasteiger charge is 2.39. The first-order valence-electron chi connectivity index (χ1n) is 13.2. The SMILES string of the molecule is CO[C@@H](CNc1cccc2c(Oc3ncccc3-c3ccnc(N[C@H]4CNC[C@H](F)C4)n3)c(C)ccc12)C(F)(F)F. The number of hydrogen-bond donors (Lipinski definition) is 3. The fourth-order valence-corrected chi connectivity index (χ4v) is 4.79. The van der Waals surface area contributed by atoms with Crippen molar-refractivity contribution in [1.29, 1.82) is 0 Å². The number of rotatable bonds is 9. The molecule has 3 atom stereocenters. The second kappa shape index (κ2) is 12.2. The van der Waals surface area contributed by atoms with Gasteiger partial charge in [0, 0.05) is 61.5 Å². The van der Waals surface area contributed by atoms with Gasteiger partial charge in [0.2, 0.25) is 11.8 Å². The van der Waals surface area contributed by atoms with Crippen LogP contribution in [-0.2, 0) is 4.74 Å².